The van der Waals surface area contributed by atoms with Gasteiger partial charge in [0.25, 0.3) is 0 Å². The average Bonchev–Trinajstić information content (AvgIpc) is 3.01. The van der Waals surface area contributed by atoms with Crippen molar-refractivity contribution in [2.75, 3.05) is 0 Å². The van der Waals surface area contributed by atoms with Gasteiger partial charge < -0.3 is 9.15 Å². The maximum absolute atomic E-state index is 10.8. The van der Waals surface area contributed by atoms with Crippen molar-refractivity contribution in [2.24, 2.45) is 0 Å². The Morgan fingerprint density at radius 2 is 2.04 bits per heavy atom. The van der Waals surface area contributed by atoms with Gasteiger partial charge in [0.2, 0.25) is 0 Å². The Kier molecular flexibility index (Phi) is 4.73. The van der Waals surface area contributed by atoms with Gasteiger partial charge in [-0.05, 0) is 60.6 Å². The molecule has 0 atom stereocenters. The molecule has 0 spiro atoms. The second kappa shape index (κ2) is 7.11. The Hall–Kier alpha value is -2.60. The number of benzene rings is 1. The molecule has 2 heterocycles. The lowest BCUT2D eigenvalue weighted by atomic mass is 10.2. The van der Waals surface area contributed by atoms with E-state index in [0.29, 0.717) is 23.7 Å². The number of aldehydes is 1. The van der Waals surface area contributed by atoms with Gasteiger partial charge in [-0.15, -0.1) is 0 Å². The standard InChI is InChI=1S/C17H14N2O3S/c1-12-8-13(6-7-18-12)10-21-14-2-4-15(5-3-14)23-17-16(9-20)19-11-22-17/h2-9,11H,10H2,1H3. The minimum absolute atomic E-state index is 0.309. The number of oxazole rings is 1. The zero-order valence-electron chi connectivity index (χ0n) is 12.4. The predicted molar refractivity (Wildman–Crippen MR) is 85.8 cm³/mol. The van der Waals surface area contributed by atoms with E-state index in [9.17, 15) is 4.79 Å². The molecule has 0 unspecified atom stereocenters. The van der Waals surface area contributed by atoms with Crippen LogP contribution in [0.5, 0.6) is 5.75 Å². The van der Waals surface area contributed by atoms with Crippen LogP contribution in [0.4, 0.5) is 0 Å². The Bertz CT molecular complexity index is 800. The quantitative estimate of drug-likeness (QED) is 0.640. The summed E-state index contributed by atoms with van der Waals surface area (Å²) in [4.78, 5) is 19.7. The van der Waals surface area contributed by atoms with Gasteiger partial charge >= 0.3 is 0 Å². The van der Waals surface area contributed by atoms with Gasteiger partial charge in [-0.1, -0.05) is 0 Å². The first-order chi connectivity index (χ1) is 11.2. The minimum Gasteiger partial charge on any atom is -0.489 e. The number of nitrogens with zero attached hydrogens (tertiary/aromatic N) is 2. The zero-order chi connectivity index (χ0) is 16.1. The summed E-state index contributed by atoms with van der Waals surface area (Å²) in [6.07, 6.45) is 3.72. The van der Waals surface area contributed by atoms with Crippen LogP contribution in [0.1, 0.15) is 21.7 Å². The summed E-state index contributed by atoms with van der Waals surface area (Å²) in [5, 5.41) is 0.487. The molecular formula is C17H14N2O3S. The van der Waals surface area contributed by atoms with Gasteiger partial charge in [-0.25, -0.2) is 4.98 Å². The number of rotatable bonds is 6. The number of pyridine rings is 1. The summed E-state index contributed by atoms with van der Waals surface area (Å²) in [7, 11) is 0. The van der Waals surface area contributed by atoms with Crippen molar-refractivity contribution in [3.63, 3.8) is 0 Å². The molecule has 0 saturated heterocycles. The van der Waals surface area contributed by atoms with Crippen LogP contribution >= 0.6 is 11.8 Å². The highest BCUT2D eigenvalue weighted by Gasteiger charge is 2.09. The molecule has 0 aliphatic heterocycles. The van der Waals surface area contributed by atoms with Gasteiger partial charge in [0, 0.05) is 16.8 Å². The summed E-state index contributed by atoms with van der Waals surface area (Å²) in [5.41, 5.74) is 2.35. The number of ether oxygens (including phenoxy) is 1. The van der Waals surface area contributed by atoms with Crippen molar-refractivity contribution in [3.8, 4) is 5.75 Å². The largest absolute Gasteiger partial charge is 0.489 e. The number of carbonyl (C=O) groups is 1. The molecule has 3 rings (SSSR count). The highest BCUT2D eigenvalue weighted by atomic mass is 32.2. The molecular weight excluding hydrogens is 312 g/mol. The molecule has 0 aliphatic carbocycles. The predicted octanol–water partition coefficient (Wildman–Crippen LogP) is 3.92. The van der Waals surface area contributed by atoms with Crippen molar-refractivity contribution in [1.82, 2.24) is 9.97 Å². The first-order valence-electron chi connectivity index (χ1n) is 6.95. The van der Waals surface area contributed by atoms with Crippen molar-refractivity contribution in [2.45, 2.75) is 23.5 Å². The Morgan fingerprint density at radius 3 is 2.78 bits per heavy atom. The van der Waals surface area contributed by atoms with Gasteiger partial charge in [0.05, 0.1) is 0 Å². The number of aryl methyl sites for hydroxylation is 1. The van der Waals surface area contributed by atoms with Crippen LogP contribution in [0.15, 0.2) is 63.4 Å². The van der Waals surface area contributed by atoms with E-state index in [-0.39, 0.29) is 0 Å². The van der Waals surface area contributed by atoms with Gasteiger partial charge in [0.1, 0.15) is 12.4 Å². The van der Waals surface area contributed by atoms with Crippen LogP contribution in [0.25, 0.3) is 0 Å². The van der Waals surface area contributed by atoms with Crippen LogP contribution in [0, 0.1) is 6.92 Å². The molecule has 0 aliphatic rings. The average molecular weight is 326 g/mol. The van der Waals surface area contributed by atoms with Crippen molar-refractivity contribution in [3.05, 3.63) is 65.9 Å². The SMILES string of the molecule is Cc1cc(COc2ccc(Sc3ocnc3C=O)cc2)ccn1. The third-order valence-electron chi connectivity index (χ3n) is 3.07. The molecule has 0 amide bonds. The van der Waals surface area contributed by atoms with Crippen LogP contribution in [-0.2, 0) is 6.61 Å². The van der Waals surface area contributed by atoms with Gasteiger partial charge in [-0.2, -0.15) is 0 Å². The van der Waals surface area contributed by atoms with E-state index in [4.69, 9.17) is 9.15 Å². The molecule has 0 bridgehead atoms. The smallest absolute Gasteiger partial charge is 0.196 e. The maximum atomic E-state index is 10.8. The Labute approximate surface area is 137 Å². The third-order valence-corrected chi connectivity index (χ3v) is 4.07. The lowest BCUT2D eigenvalue weighted by Crippen LogP contribution is -1.96. The Morgan fingerprint density at radius 1 is 1.22 bits per heavy atom. The highest BCUT2D eigenvalue weighted by Crippen LogP contribution is 2.30. The van der Waals surface area contributed by atoms with Crippen LogP contribution in [0.2, 0.25) is 0 Å². The fraction of sp³-hybridized carbons (Fsp3) is 0.118. The van der Waals surface area contributed by atoms with E-state index >= 15 is 0 Å². The fourth-order valence-electron chi connectivity index (χ4n) is 1.97. The van der Waals surface area contributed by atoms with Crippen LogP contribution in [-0.4, -0.2) is 16.3 Å². The second-order valence-corrected chi connectivity index (χ2v) is 5.86. The van der Waals surface area contributed by atoms with Gasteiger partial charge in [0.15, 0.2) is 23.5 Å². The minimum atomic E-state index is 0.309. The second-order valence-electron chi connectivity index (χ2n) is 4.81. The van der Waals surface area contributed by atoms with E-state index in [1.54, 1.807) is 6.20 Å². The molecule has 6 heteroatoms. The molecule has 116 valence electrons. The van der Waals surface area contributed by atoms with Crippen LogP contribution in [0.3, 0.4) is 0 Å². The molecule has 1 aromatic carbocycles. The number of carbonyl (C=O) groups excluding carboxylic acids is 1. The van der Waals surface area contributed by atoms with E-state index in [1.165, 1.54) is 18.2 Å². The molecule has 0 N–H and O–H groups in total. The normalized spacial score (nSPS) is 10.5. The maximum Gasteiger partial charge on any atom is 0.196 e. The fourth-order valence-corrected chi connectivity index (χ4v) is 2.75. The number of hydrogen-bond acceptors (Lipinski definition) is 6. The number of aromatic nitrogens is 2. The topological polar surface area (TPSA) is 65.2 Å². The molecule has 0 radical (unpaired) electrons. The first kappa shape index (κ1) is 15.3. The monoisotopic (exact) mass is 326 g/mol. The van der Waals surface area contributed by atoms with Crippen molar-refractivity contribution < 1.29 is 13.9 Å². The van der Waals surface area contributed by atoms with E-state index < -0.39 is 0 Å². The van der Waals surface area contributed by atoms with E-state index in [0.717, 1.165) is 21.9 Å². The molecule has 5 nitrogen and oxygen atoms in total. The first-order valence-corrected chi connectivity index (χ1v) is 7.77. The lowest BCUT2D eigenvalue weighted by molar-refractivity contribution is 0.111. The van der Waals surface area contributed by atoms with E-state index in [1.807, 2.05) is 43.3 Å². The molecule has 3 aromatic rings. The van der Waals surface area contributed by atoms with Gasteiger partial charge in [-0.3, -0.25) is 9.78 Å². The molecule has 0 saturated carbocycles. The molecule has 0 fully saturated rings. The Balaban J connectivity index is 1.62. The summed E-state index contributed by atoms with van der Waals surface area (Å²) >= 11 is 1.35. The summed E-state index contributed by atoms with van der Waals surface area (Å²) in [5.74, 6) is 0.775. The van der Waals surface area contributed by atoms with E-state index in [2.05, 4.69) is 9.97 Å². The summed E-state index contributed by atoms with van der Waals surface area (Å²) in [6, 6.07) is 11.5. The highest BCUT2D eigenvalue weighted by molar-refractivity contribution is 7.99. The molecule has 2 aromatic heterocycles. The van der Waals surface area contributed by atoms with Crippen LogP contribution < -0.4 is 4.74 Å². The summed E-state index contributed by atoms with van der Waals surface area (Å²) in [6.45, 7) is 2.44. The number of hydrogen-bond donors (Lipinski definition) is 0. The lowest BCUT2D eigenvalue weighted by Gasteiger charge is -2.07. The zero-order valence-corrected chi connectivity index (χ0v) is 13.2. The summed E-state index contributed by atoms with van der Waals surface area (Å²) < 4.78 is 10.9. The van der Waals surface area contributed by atoms with Crippen molar-refractivity contribution in [1.29, 1.82) is 0 Å². The van der Waals surface area contributed by atoms with Crippen molar-refractivity contribution >= 4 is 18.0 Å². The third kappa shape index (κ3) is 3.98. The molecule has 23 heavy (non-hydrogen) atoms.